The normalized spacial score (nSPS) is 11.4. The van der Waals surface area contributed by atoms with Crippen molar-refractivity contribution in [3.05, 3.63) is 72.8 Å². The van der Waals surface area contributed by atoms with E-state index < -0.39 is 16.5 Å². The third kappa shape index (κ3) is 4.43. The molecule has 3 rings (SSSR count). The summed E-state index contributed by atoms with van der Waals surface area (Å²) in [5.41, 5.74) is 2.40. The highest BCUT2D eigenvalue weighted by molar-refractivity contribution is 7.46. The molecule has 0 aliphatic rings. The lowest BCUT2D eigenvalue weighted by Gasteiger charge is -2.12. The molecule has 3 aromatic rings. The summed E-state index contributed by atoms with van der Waals surface area (Å²) in [6.07, 6.45) is 3.88. The molecule has 0 aliphatic carbocycles. The summed E-state index contributed by atoms with van der Waals surface area (Å²) in [6, 6.07) is 16.8. The van der Waals surface area contributed by atoms with Crippen molar-refractivity contribution in [3.8, 4) is 0 Å². The fraction of sp³-hybridized carbons (Fsp3) is 0. The van der Waals surface area contributed by atoms with Gasteiger partial charge in [-0.3, -0.25) is 0 Å². The lowest BCUT2D eigenvalue weighted by Crippen LogP contribution is -1.87. The summed E-state index contributed by atoms with van der Waals surface area (Å²) in [6.45, 7) is 7.92. The van der Waals surface area contributed by atoms with E-state index in [9.17, 15) is 9.13 Å². The van der Waals surface area contributed by atoms with Crippen LogP contribution in [0.4, 0.5) is 0 Å². The molecule has 7 heteroatoms. The van der Waals surface area contributed by atoms with Crippen LogP contribution in [-0.2, 0) is 13.4 Å². The Balaban J connectivity index is 0.000000277. The predicted molar refractivity (Wildman–Crippen MR) is 102 cm³/mol. The molecule has 0 heterocycles. The quantitative estimate of drug-likeness (QED) is 0.460. The van der Waals surface area contributed by atoms with Crippen LogP contribution < -0.4 is 0 Å². The first-order valence-corrected chi connectivity index (χ1v) is 9.44. The molecule has 25 heavy (non-hydrogen) atoms. The Labute approximate surface area is 146 Å². The first-order chi connectivity index (χ1) is 12.0. The summed E-state index contributed by atoms with van der Waals surface area (Å²) in [5.74, 6) is 0. The zero-order valence-electron chi connectivity index (χ0n) is 13.2. The molecule has 0 amide bonds. The Bertz CT molecular complexity index is 847. The predicted octanol–water partition coefficient (Wildman–Crippen LogP) is 5.58. The summed E-state index contributed by atoms with van der Waals surface area (Å²) in [5, 5.41) is 4.95. The average Bonchev–Trinajstić information content (AvgIpc) is 2.58. The van der Waals surface area contributed by atoms with Gasteiger partial charge < -0.3 is 0 Å². The van der Waals surface area contributed by atoms with Crippen molar-refractivity contribution in [1.82, 2.24) is 0 Å². The van der Waals surface area contributed by atoms with Crippen molar-refractivity contribution in [2.24, 2.45) is 0 Å². The molecule has 0 aromatic heterocycles. The molecule has 0 spiro atoms. The Morgan fingerprint density at radius 3 is 1.16 bits per heavy atom. The summed E-state index contributed by atoms with van der Waals surface area (Å²) in [4.78, 5) is 15.3. The second-order valence-corrected chi connectivity index (χ2v) is 6.49. The van der Waals surface area contributed by atoms with E-state index in [-0.39, 0.29) is 0 Å². The first-order valence-electron chi connectivity index (χ1n) is 7.18. The van der Waals surface area contributed by atoms with Crippen LogP contribution in [0.3, 0.4) is 0 Å². The monoisotopic (exact) mass is 374 g/mol. The van der Waals surface area contributed by atoms with Gasteiger partial charge in [-0.1, -0.05) is 73.8 Å². The number of benzene rings is 3. The Morgan fingerprint density at radius 1 is 0.720 bits per heavy atom. The Kier molecular flexibility index (Phi) is 6.65. The molecular formula is C18H16O5P2+2. The first kappa shape index (κ1) is 19.1. The summed E-state index contributed by atoms with van der Waals surface area (Å²) >= 11 is 0. The fourth-order valence-electron chi connectivity index (χ4n) is 2.70. The van der Waals surface area contributed by atoms with Gasteiger partial charge in [0.15, 0.2) is 4.31 Å². The largest absolute Gasteiger partial charge is 0.745 e. The number of hydrogen-bond donors (Lipinski definition) is 2. The highest BCUT2D eigenvalue weighted by Crippen LogP contribution is 2.34. The average molecular weight is 374 g/mol. The van der Waals surface area contributed by atoms with E-state index in [0.717, 1.165) is 0 Å². The Hall–Kier alpha value is -2.26. The molecule has 0 bridgehead atoms. The van der Waals surface area contributed by atoms with Gasteiger partial charge in [-0.05, 0) is 32.7 Å². The summed E-state index contributed by atoms with van der Waals surface area (Å²) in [7, 11) is -5.85. The lowest BCUT2D eigenvalue weighted by atomic mass is 9.92. The van der Waals surface area contributed by atoms with Gasteiger partial charge in [0.25, 0.3) is 0 Å². The van der Waals surface area contributed by atoms with Gasteiger partial charge in [-0.25, -0.2) is 0 Å². The molecule has 0 aliphatic heterocycles. The van der Waals surface area contributed by atoms with Crippen molar-refractivity contribution in [2.45, 2.75) is 0 Å². The minimum atomic E-state index is -2.92. The van der Waals surface area contributed by atoms with Crippen molar-refractivity contribution in [1.29, 1.82) is 0 Å². The van der Waals surface area contributed by atoms with Gasteiger partial charge in [-0.2, -0.15) is 0 Å². The van der Waals surface area contributed by atoms with Crippen molar-refractivity contribution in [2.75, 3.05) is 0 Å². The SMILES string of the molecule is C=Cc1c2ccccc2c(C=C)c2ccccc12.O=[P+](O)O[P+](=O)O. The molecule has 0 fully saturated rings. The minimum absolute atomic E-state index is 1.20. The van der Waals surface area contributed by atoms with E-state index in [4.69, 9.17) is 9.79 Å². The molecule has 2 atom stereocenters. The molecule has 2 unspecified atom stereocenters. The minimum Gasteiger partial charge on any atom is -0.131 e. The highest BCUT2D eigenvalue weighted by Gasteiger charge is 2.31. The second kappa shape index (κ2) is 8.72. The molecule has 126 valence electrons. The van der Waals surface area contributed by atoms with Crippen molar-refractivity contribution >= 4 is 50.2 Å². The second-order valence-electron chi connectivity index (χ2n) is 4.88. The molecule has 2 N–H and O–H groups in total. The topological polar surface area (TPSA) is 83.8 Å². The van der Waals surface area contributed by atoms with Crippen molar-refractivity contribution in [3.63, 3.8) is 0 Å². The number of fused-ring (bicyclic) bond motifs is 2. The van der Waals surface area contributed by atoms with E-state index in [1.165, 1.54) is 32.7 Å². The maximum Gasteiger partial charge on any atom is 0.745 e. The van der Waals surface area contributed by atoms with Crippen LogP contribution in [-0.4, -0.2) is 9.79 Å². The smallest absolute Gasteiger partial charge is 0.131 e. The molecular weight excluding hydrogens is 358 g/mol. The van der Waals surface area contributed by atoms with Crippen molar-refractivity contribution < 1.29 is 23.2 Å². The molecule has 0 saturated heterocycles. The van der Waals surface area contributed by atoms with Crippen LogP contribution in [0.5, 0.6) is 0 Å². The van der Waals surface area contributed by atoms with Crippen LogP contribution in [0.2, 0.25) is 0 Å². The summed E-state index contributed by atoms with van der Waals surface area (Å²) < 4.78 is 22.2. The van der Waals surface area contributed by atoms with E-state index in [1.807, 2.05) is 12.2 Å². The van der Waals surface area contributed by atoms with Gasteiger partial charge in [0.05, 0.1) is 0 Å². The standard InChI is InChI=1S/C18H14.O5P2/c1-3-13-15-9-5-7-11-17(15)14(4-2)18-12-8-6-10-16(13)18;1-6(2)5-7(3)4/h3-12H,1-2H2;/p+2. The van der Waals surface area contributed by atoms with Crippen LogP contribution in [0, 0.1) is 0 Å². The zero-order chi connectivity index (χ0) is 18.4. The van der Waals surface area contributed by atoms with Gasteiger partial charge >= 0.3 is 16.5 Å². The van der Waals surface area contributed by atoms with Crippen LogP contribution in [0.25, 0.3) is 33.7 Å². The number of hydrogen-bond acceptors (Lipinski definition) is 3. The fourth-order valence-corrected chi connectivity index (χ4v) is 3.17. The zero-order valence-corrected chi connectivity index (χ0v) is 15.0. The van der Waals surface area contributed by atoms with E-state index >= 15 is 0 Å². The third-order valence-corrected chi connectivity index (χ3v) is 4.68. The van der Waals surface area contributed by atoms with Gasteiger partial charge in [0.2, 0.25) is 0 Å². The highest BCUT2D eigenvalue weighted by atomic mass is 31.2. The van der Waals surface area contributed by atoms with E-state index in [0.29, 0.717) is 0 Å². The van der Waals surface area contributed by atoms with Gasteiger partial charge in [0.1, 0.15) is 0 Å². The van der Waals surface area contributed by atoms with E-state index in [1.54, 1.807) is 0 Å². The maximum atomic E-state index is 9.39. The molecule has 0 saturated carbocycles. The lowest BCUT2D eigenvalue weighted by molar-refractivity contribution is 0.371. The maximum absolute atomic E-state index is 9.39. The molecule has 0 radical (unpaired) electrons. The Morgan fingerprint density at radius 2 is 1.00 bits per heavy atom. The number of rotatable bonds is 4. The third-order valence-electron chi connectivity index (χ3n) is 3.56. The van der Waals surface area contributed by atoms with Crippen LogP contribution in [0.15, 0.2) is 61.7 Å². The molecule has 3 aromatic carbocycles. The van der Waals surface area contributed by atoms with E-state index in [2.05, 4.69) is 66.0 Å². The van der Waals surface area contributed by atoms with Crippen LogP contribution in [0.1, 0.15) is 11.1 Å². The van der Waals surface area contributed by atoms with Gasteiger partial charge in [-0.15, -0.1) is 9.79 Å². The van der Waals surface area contributed by atoms with Gasteiger partial charge in [0, 0.05) is 9.13 Å². The van der Waals surface area contributed by atoms with Crippen LogP contribution >= 0.6 is 16.5 Å². The molecule has 5 nitrogen and oxygen atoms in total.